The van der Waals surface area contributed by atoms with Crippen LogP contribution in [0.1, 0.15) is 27.8 Å². The van der Waals surface area contributed by atoms with Crippen molar-refractivity contribution in [3.05, 3.63) is 33.0 Å². The van der Waals surface area contributed by atoms with Gasteiger partial charge in [-0.15, -0.1) is 22.7 Å². The lowest BCUT2D eigenvalue weighted by Gasteiger charge is -2.00. The van der Waals surface area contributed by atoms with Gasteiger partial charge in [0.05, 0.1) is 0 Å². The van der Waals surface area contributed by atoms with Gasteiger partial charge in [-0.25, -0.2) is 0 Å². The molecule has 19 heavy (non-hydrogen) atoms. The smallest absolute Gasteiger partial charge is 0.0477 e. The Kier molecular flexibility index (Phi) is 4.79. The van der Waals surface area contributed by atoms with Gasteiger partial charge in [0.2, 0.25) is 0 Å². The predicted octanol–water partition coefficient (Wildman–Crippen LogP) is 3.48. The zero-order chi connectivity index (χ0) is 14.0. The first kappa shape index (κ1) is 14.7. The summed E-state index contributed by atoms with van der Waals surface area (Å²) in [6, 6.07) is 4.78. The Bertz CT molecular complexity index is 552. The Morgan fingerprint density at radius 3 is 2.11 bits per heavy atom. The summed E-state index contributed by atoms with van der Waals surface area (Å²) in [5, 5.41) is 0. The molecule has 0 aromatic carbocycles. The molecule has 0 aliphatic heterocycles. The van der Waals surface area contributed by atoms with Crippen molar-refractivity contribution in [3.8, 4) is 9.75 Å². The van der Waals surface area contributed by atoms with Crippen molar-refractivity contribution in [1.82, 2.24) is 0 Å². The van der Waals surface area contributed by atoms with Gasteiger partial charge in [-0.05, 0) is 63.4 Å². The summed E-state index contributed by atoms with van der Waals surface area (Å²) in [6.07, 6.45) is 1.94. The highest BCUT2D eigenvalue weighted by Gasteiger charge is 2.14. The molecule has 1 unspecified atom stereocenters. The first-order valence-electron chi connectivity index (χ1n) is 6.66. The number of hydrogen-bond donors (Lipinski definition) is 2. The second-order valence-corrected chi connectivity index (χ2v) is 7.44. The first-order valence-corrected chi connectivity index (χ1v) is 8.29. The second-order valence-electron chi connectivity index (χ2n) is 5.17. The molecule has 0 fully saturated rings. The third-order valence-corrected chi connectivity index (χ3v) is 5.78. The summed E-state index contributed by atoms with van der Waals surface area (Å²) < 4.78 is 0. The topological polar surface area (TPSA) is 52.0 Å². The molecular formula is C15H22N2S2. The molecule has 2 rings (SSSR count). The van der Waals surface area contributed by atoms with Gasteiger partial charge in [-0.1, -0.05) is 0 Å². The number of nitrogens with two attached hydrogens (primary N) is 2. The lowest BCUT2D eigenvalue weighted by atomic mass is 10.1. The molecule has 0 saturated heterocycles. The maximum Gasteiger partial charge on any atom is 0.0477 e. The van der Waals surface area contributed by atoms with Crippen LogP contribution >= 0.6 is 22.7 Å². The highest BCUT2D eigenvalue weighted by molar-refractivity contribution is 7.22. The van der Waals surface area contributed by atoms with Crippen LogP contribution in [-0.4, -0.2) is 12.6 Å². The quantitative estimate of drug-likeness (QED) is 0.887. The third kappa shape index (κ3) is 3.45. The summed E-state index contributed by atoms with van der Waals surface area (Å²) in [5.74, 6) is 0. The van der Waals surface area contributed by atoms with Gasteiger partial charge in [0.25, 0.3) is 0 Å². The molecule has 1 atom stereocenters. The number of rotatable bonds is 5. The minimum Gasteiger partial charge on any atom is -0.330 e. The standard InChI is InChI=1S/C15H22N2S2/c1-9-6-12(4-5-16)18-14(9)15-10(2)7-13(19-15)8-11(3)17/h6-7,11H,4-5,8,16-17H2,1-3H3. The molecule has 2 heterocycles. The molecule has 0 aliphatic rings. The van der Waals surface area contributed by atoms with Crippen LogP contribution in [0, 0.1) is 13.8 Å². The van der Waals surface area contributed by atoms with E-state index in [1.807, 2.05) is 22.7 Å². The van der Waals surface area contributed by atoms with E-state index in [-0.39, 0.29) is 6.04 Å². The Morgan fingerprint density at radius 2 is 1.58 bits per heavy atom. The largest absolute Gasteiger partial charge is 0.330 e. The van der Waals surface area contributed by atoms with Gasteiger partial charge in [0.15, 0.2) is 0 Å². The maximum absolute atomic E-state index is 5.89. The van der Waals surface area contributed by atoms with Gasteiger partial charge in [0, 0.05) is 25.6 Å². The molecule has 0 amide bonds. The fourth-order valence-corrected chi connectivity index (χ4v) is 4.99. The molecule has 2 nitrogen and oxygen atoms in total. The summed E-state index contributed by atoms with van der Waals surface area (Å²) in [7, 11) is 0. The normalized spacial score (nSPS) is 12.9. The fraction of sp³-hybridized carbons (Fsp3) is 0.467. The first-order chi connectivity index (χ1) is 9.01. The van der Waals surface area contributed by atoms with E-state index in [9.17, 15) is 0 Å². The van der Waals surface area contributed by atoms with Crippen molar-refractivity contribution in [3.63, 3.8) is 0 Å². The summed E-state index contributed by atoms with van der Waals surface area (Å²) in [6.45, 7) is 7.16. The van der Waals surface area contributed by atoms with Gasteiger partial charge in [-0.2, -0.15) is 0 Å². The molecule has 0 bridgehead atoms. The molecule has 0 radical (unpaired) electrons. The Morgan fingerprint density at radius 1 is 1.05 bits per heavy atom. The van der Waals surface area contributed by atoms with Crippen LogP contribution in [0.2, 0.25) is 0 Å². The van der Waals surface area contributed by atoms with Crippen molar-refractivity contribution in [2.45, 2.75) is 39.7 Å². The van der Waals surface area contributed by atoms with Crippen LogP contribution in [0.15, 0.2) is 12.1 Å². The fourth-order valence-electron chi connectivity index (χ4n) is 2.23. The van der Waals surface area contributed by atoms with Crippen LogP contribution in [-0.2, 0) is 12.8 Å². The average molecular weight is 294 g/mol. The van der Waals surface area contributed by atoms with E-state index >= 15 is 0 Å². The van der Waals surface area contributed by atoms with Crippen LogP contribution in [0.25, 0.3) is 9.75 Å². The lowest BCUT2D eigenvalue weighted by molar-refractivity contribution is 0.746. The van der Waals surface area contributed by atoms with E-state index in [0.29, 0.717) is 0 Å². The second kappa shape index (κ2) is 6.18. The van der Waals surface area contributed by atoms with Crippen molar-refractivity contribution >= 4 is 22.7 Å². The van der Waals surface area contributed by atoms with E-state index in [0.717, 1.165) is 19.4 Å². The van der Waals surface area contributed by atoms with Gasteiger partial charge in [0.1, 0.15) is 0 Å². The zero-order valence-electron chi connectivity index (χ0n) is 11.8. The van der Waals surface area contributed by atoms with Crippen LogP contribution in [0.3, 0.4) is 0 Å². The van der Waals surface area contributed by atoms with E-state index in [4.69, 9.17) is 11.5 Å². The SMILES string of the molecule is Cc1cc(CCN)sc1-c1sc(CC(C)N)cc1C. The Hall–Kier alpha value is -0.680. The molecule has 0 aliphatic carbocycles. The van der Waals surface area contributed by atoms with E-state index < -0.39 is 0 Å². The molecule has 4 heteroatoms. The van der Waals surface area contributed by atoms with Crippen LogP contribution in [0.5, 0.6) is 0 Å². The lowest BCUT2D eigenvalue weighted by Crippen LogP contribution is -2.16. The summed E-state index contributed by atoms with van der Waals surface area (Å²) >= 11 is 3.77. The Labute approximate surface area is 123 Å². The zero-order valence-corrected chi connectivity index (χ0v) is 13.5. The number of aryl methyl sites for hydroxylation is 2. The monoisotopic (exact) mass is 294 g/mol. The van der Waals surface area contributed by atoms with Gasteiger partial charge >= 0.3 is 0 Å². The summed E-state index contributed by atoms with van der Waals surface area (Å²) in [5.41, 5.74) is 14.3. The van der Waals surface area contributed by atoms with Crippen molar-refractivity contribution in [1.29, 1.82) is 0 Å². The molecule has 104 valence electrons. The molecule has 0 spiro atoms. The number of thiophene rings is 2. The van der Waals surface area contributed by atoms with E-state index in [2.05, 4.69) is 32.9 Å². The third-order valence-electron chi connectivity index (χ3n) is 3.06. The van der Waals surface area contributed by atoms with Gasteiger partial charge < -0.3 is 11.5 Å². The number of hydrogen-bond acceptors (Lipinski definition) is 4. The minimum absolute atomic E-state index is 0.225. The van der Waals surface area contributed by atoms with E-state index in [1.165, 1.54) is 30.6 Å². The molecule has 2 aromatic heterocycles. The Balaban J connectivity index is 2.33. The van der Waals surface area contributed by atoms with E-state index in [1.54, 1.807) is 0 Å². The highest BCUT2D eigenvalue weighted by Crippen LogP contribution is 2.39. The molecule has 4 N–H and O–H groups in total. The van der Waals surface area contributed by atoms with Crippen LogP contribution < -0.4 is 11.5 Å². The molecule has 2 aromatic rings. The minimum atomic E-state index is 0.225. The average Bonchev–Trinajstić information content (AvgIpc) is 2.82. The maximum atomic E-state index is 5.89. The van der Waals surface area contributed by atoms with Gasteiger partial charge in [-0.3, -0.25) is 0 Å². The van der Waals surface area contributed by atoms with Crippen molar-refractivity contribution in [2.24, 2.45) is 11.5 Å². The van der Waals surface area contributed by atoms with Crippen LogP contribution in [0.4, 0.5) is 0 Å². The van der Waals surface area contributed by atoms with Crippen molar-refractivity contribution < 1.29 is 0 Å². The summed E-state index contributed by atoms with van der Waals surface area (Å²) in [4.78, 5) is 5.58. The predicted molar refractivity (Wildman–Crippen MR) is 87.2 cm³/mol. The van der Waals surface area contributed by atoms with Crippen molar-refractivity contribution in [2.75, 3.05) is 6.54 Å². The highest BCUT2D eigenvalue weighted by atomic mass is 32.1. The molecule has 0 saturated carbocycles. The molecular weight excluding hydrogens is 272 g/mol.